The zero-order valence-corrected chi connectivity index (χ0v) is 19.5. The third-order valence-corrected chi connectivity index (χ3v) is 6.74. The van der Waals surface area contributed by atoms with Crippen LogP contribution in [0.15, 0.2) is 54.3 Å². The van der Waals surface area contributed by atoms with Gasteiger partial charge in [0, 0.05) is 36.1 Å². The van der Waals surface area contributed by atoms with Gasteiger partial charge >= 0.3 is 0 Å². The quantitative estimate of drug-likeness (QED) is 0.602. The largest absolute Gasteiger partial charge is 0.507 e. The second kappa shape index (κ2) is 10.5. The molecule has 176 valence electrons. The first-order chi connectivity index (χ1) is 16.5. The summed E-state index contributed by atoms with van der Waals surface area (Å²) in [5, 5.41) is 23.2. The third kappa shape index (κ3) is 5.13. The molecule has 4 N–H and O–H groups in total. The van der Waals surface area contributed by atoms with E-state index in [2.05, 4.69) is 21.3 Å². The maximum atomic E-state index is 12.7. The summed E-state index contributed by atoms with van der Waals surface area (Å²) in [7, 11) is 0. The number of aromatic nitrogens is 1. The molecule has 1 aliphatic heterocycles. The molecule has 2 aromatic rings. The van der Waals surface area contributed by atoms with Gasteiger partial charge in [0.05, 0.1) is 11.3 Å². The highest BCUT2D eigenvalue weighted by molar-refractivity contribution is 5.78. The number of allylic oxidation sites excluding steroid dienone is 4. The number of phenols is 1. The van der Waals surface area contributed by atoms with Crippen LogP contribution in [0.5, 0.6) is 5.75 Å². The van der Waals surface area contributed by atoms with E-state index in [1.165, 1.54) is 19.3 Å². The van der Waals surface area contributed by atoms with Gasteiger partial charge in [-0.15, -0.1) is 0 Å². The molecule has 7 nitrogen and oxygen atoms in total. The molecule has 2 atom stereocenters. The number of nitrogen functional groups attached to an aromatic ring is 1. The number of nitrogens with one attached hydrogen (secondary N) is 1. The number of aromatic hydroxyl groups is 1. The first kappa shape index (κ1) is 23.5. The standard InChI is InChI=1S/C27H31N5O2/c1-18-19(9-7-10-23(18)30-26(34)12-15-32-13-5-2-6-14-32)21-16-24(31-27(29)22(21)17-28)20-8-3-4-11-25(20)33/h3-4,7-11,16,18-19,33H,2,5-6,12-15H2,1H3,(H2,29,31)(H,30,34). The van der Waals surface area contributed by atoms with Crippen LogP contribution < -0.4 is 11.1 Å². The number of para-hydroxylation sites is 1. The summed E-state index contributed by atoms with van der Waals surface area (Å²) in [6.07, 6.45) is 9.98. The number of hydrogen-bond donors (Lipinski definition) is 3. The number of nitrogens with zero attached hydrogens (tertiary/aromatic N) is 3. The number of pyridine rings is 1. The number of carbonyl (C=O) groups is 1. The Bertz CT molecular complexity index is 1160. The number of anilines is 1. The Balaban J connectivity index is 1.54. The van der Waals surface area contributed by atoms with E-state index in [1.807, 2.05) is 37.3 Å². The summed E-state index contributed by atoms with van der Waals surface area (Å²) >= 11 is 0. The minimum absolute atomic E-state index is 0.00219. The molecular formula is C27H31N5O2. The summed E-state index contributed by atoms with van der Waals surface area (Å²) < 4.78 is 0. The van der Waals surface area contributed by atoms with Crippen molar-refractivity contribution in [1.82, 2.24) is 15.2 Å². The second-order valence-corrected chi connectivity index (χ2v) is 9.01. The monoisotopic (exact) mass is 457 g/mol. The molecule has 2 heterocycles. The van der Waals surface area contributed by atoms with Gasteiger partial charge in [0.1, 0.15) is 17.6 Å². The fraction of sp³-hybridized carbons (Fsp3) is 0.370. The molecule has 1 saturated heterocycles. The molecule has 0 radical (unpaired) electrons. The normalized spacial score (nSPS) is 20.4. The van der Waals surface area contributed by atoms with Crippen LogP contribution in [-0.4, -0.2) is 40.5 Å². The minimum Gasteiger partial charge on any atom is -0.507 e. The number of likely N-dealkylation sites (tertiary alicyclic amines) is 1. The van der Waals surface area contributed by atoms with Crippen LogP contribution in [0.2, 0.25) is 0 Å². The molecule has 1 aromatic heterocycles. The highest BCUT2D eigenvalue weighted by Gasteiger charge is 2.28. The van der Waals surface area contributed by atoms with Crippen molar-refractivity contribution in [1.29, 1.82) is 5.26 Å². The van der Waals surface area contributed by atoms with Gasteiger partial charge in [-0.2, -0.15) is 5.26 Å². The van der Waals surface area contributed by atoms with E-state index in [1.54, 1.807) is 18.2 Å². The molecule has 4 rings (SSSR count). The van der Waals surface area contributed by atoms with Crippen LogP contribution in [-0.2, 0) is 4.79 Å². The highest BCUT2D eigenvalue weighted by Crippen LogP contribution is 2.39. The van der Waals surface area contributed by atoms with Gasteiger partial charge in [0.2, 0.25) is 5.91 Å². The maximum absolute atomic E-state index is 12.7. The fourth-order valence-electron chi connectivity index (χ4n) is 4.78. The zero-order chi connectivity index (χ0) is 24.1. The molecule has 2 aliphatic rings. The first-order valence-corrected chi connectivity index (χ1v) is 11.9. The third-order valence-electron chi connectivity index (χ3n) is 6.74. The predicted octanol–water partition coefficient (Wildman–Crippen LogP) is 4.07. The van der Waals surface area contributed by atoms with Crippen molar-refractivity contribution in [3.05, 3.63) is 65.4 Å². The van der Waals surface area contributed by atoms with Crippen LogP contribution in [0.25, 0.3) is 11.3 Å². The molecule has 0 saturated carbocycles. The number of phenolic OH excluding ortho intramolecular Hbond substituents is 1. The van der Waals surface area contributed by atoms with E-state index in [-0.39, 0.29) is 29.3 Å². The van der Waals surface area contributed by atoms with E-state index >= 15 is 0 Å². The average molecular weight is 458 g/mol. The van der Waals surface area contributed by atoms with Gasteiger partial charge in [0.25, 0.3) is 0 Å². The molecule has 34 heavy (non-hydrogen) atoms. The molecular weight excluding hydrogens is 426 g/mol. The van der Waals surface area contributed by atoms with Gasteiger partial charge < -0.3 is 21.1 Å². The minimum atomic E-state index is -0.174. The van der Waals surface area contributed by atoms with Gasteiger partial charge in [-0.05, 0) is 55.8 Å². The van der Waals surface area contributed by atoms with E-state index < -0.39 is 0 Å². The molecule has 7 heteroatoms. The van der Waals surface area contributed by atoms with Crippen LogP contribution in [0.1, 0.15) is 49.7 Å². The van der Waals surface area contributed by atoms with Crippen molar-refractivity contribution in [2.75, 3.05) is 25.4 Å². The van der Waals surface area contributed by atoms with Crippen molar-refractivity contribution >= 4 is 11.7 Å². The fourth-order valence-corrected chi connectivity index (χ4v) is 4.78. The Kier molecular flexibility index (Phi) is 7.29. The van der Waals surface area contributed by atoms with Crippen LogP contribution in [0.3, 0.4) is 0 Å². The number of hydrogen-bond acceptors (Lipinski definition) is 6. The lowest BCUT2D eigenvalue weighted by Crippen LogP contribution is -2.35. The molecule has 1 aliphatic carbocycles. The number of nitriles is 1. The topological polar surface area (TPSA) is 115 Å². The van der Waals surface area contributed by atoms with Crippen molar-refractivity contribution < 1.29 is 9.90 Å². The lowest BCUT2D eigenvalue weighted by atomic mass is 9.80. The number of amides is 1. The Morgan fingerprint density at radius 2 is 2.06 bits per heavy atom. The van der Waals surface area contributed by atoms with Crippen molar-refractivity contribution in [2.45, 2.75) is 38.5 Å². The summed E-state index contributed by atoms with van der Waals surface area (Å²) in [5.74, 6) is -0.0243. The average Bonchev–Trinajstić information content (AvgIpc) is 2.84. The molecule has 2 unspecified atom stereocenters. The highest BCUT2D eigenvalue weighted by atomic mass is 16.3. The molecule has 1 aromatic carbocycles. The second-order valence-electron chi connectivity index (χ2n) is 9.01. The van der Waals surface area contributed by atoms with E-state index in [4.69, 9.17) is 5.73 Å². The number of nitrogens with two attached hydrogens (primary N) is 1. The summed E-state index contributed by atoms with van der Waals surface area (Å²) in [5.41, 5.74) is 9.09. The molecule has 0 spiro atoms. The van der Waals surface area contributed by atoms with Crippen molar-refractivity contribution in [3.8, 4) is 23.1 Å². The molecule has 0 bridgehead atoms. The number of piperidine rings is 1. The first-order valence-electron chi connectivity index (χ1n) is 11.9. The van der Waals surface area contributed by atoms with Gasteiger partial charge in [0.15, 0.2) is 0 Å². The van der Waals surface area contributed by atoms with Gasteiger partial charge in [-0.3, -0.25) is 4.79 Å². The van der Waals surface area contributed by atoms with Crippen LogP contribution in [0.4, 0.5) is 5.82 Å². The van der Waals surface area contributed by atoms with Crippen LogP contribution in [0, 0.1) is 17.2 Å². The van der Waals surface area contributed by atoms with E-state index in [9.17, 15) is 15.2 Å². The van der Waals surface area contributed by atoms with Crippen molar-refractivity contribution in [2.24, 2.45) is 5.92 Å². The molecule has 1 amide bonds. The number of carbonyl (C=O) groups excluding carboxylic acids is 1. The summed E-state index contributed by atoms with van der Waals surface area (Å²) in [4.78, 5) is 19.4. The Hall–Kier alpha value is -3.63. The van der Waals surface area contributed by atoms with E-state index in [0.29, 0.717) is 23.2 Å². The molecule has 1 fully saturated rings. The van der Waals surface area contributed by atoms with Crippen LogP contribution >= 0.6 is 0 Å². The SMILES string of the molecule is CC1C(NC(=O)CCN2CCCCC2)=CC=CC1c1cc(-c2ccccc2O)nc(N)c1C#N. The zero-order valence-electron chi connectivity index (χ0n) is 19.5. The lowest BCUT2D eigenvalue weighted by molar-refractivity contribution is -0.120. The summed E-state index contributed by atoms with van der Waals surface area (Å²) in [6, 6.07) is 10.9. The van der Waals surface area contributed by atoms with Gasteiger partial charge in [-0.1, -0.05) is 37.6 Å². The number of rotatable bonds is 6. The summed E-state index contributed by atoms with van der Waals surface area (Å²) in [6.45, 7) is 4.94. The lowest BCUT2D eigenvalue weighted by Gasteiger charge is -2.29. The predicted molar refractivity (Wildman–Crippen MR) is 133 cm³/mol. The maximum Gasteiger partial charge on any atom is 0.225 e. The smallest absolute Gasteiger partial charge is 0.225 e. The Labute approximate surface area is 200 Å². The Morgan fingerprint density at radius 3 is 2.79 bits per heavy atom. The van der Waals surface area contributed by atoms with Gasteiger partial charge in [-0.25, -0.2) is 4.98 Å². The van der Waals surface area contributed by atoms with E-state index in [0.717, 1.165) is 30.9 Å². The van der Waals surface area contributed by atoms with Crippen molar-refractivity contribution in [3.63, 3.8) is 0 Å². The number of benzene rings is 1. The Morgan fingerprint density at radius 1 is 1.29 bits per heavy atom.